The maximum Gasteiger partial charge on any atom is 0.210 e. The lowest BCUT2D eigenvalue weighted by Crippen LogP contribution is -3.00. The molecule has 1 N–H and O–H groups in total. The second kappa shape index (κ2) is 14.3. The van der Waals surface area contributed by atoms with E-state index in [1.165, 1.54) is 14.1 Å². The molecule has 0 aliphatic heterocycles. The molecule has 0 spiro atoms. The monoisotopic (exact) mass is 419 g/mol. The first-order chi connectivity index (χ1) is 11.2. The Hall–Kier alpha value is -2.03. The van der Waals surface area contributed by atoms with Crippen molar-refractivity contribution in [3.8, 4) is 5.75 Å². The summed E-state index contributed by atoms with van der Waals surface area (Å²) in [5, 5.41) is 29.4. The Morgan fingerprint density at radius 1 is 1.04 bits per heavy atom. The topological polar surface area (TPSA) is 111 Å². The van der Waals surface area contributed by atoms with Gasteiger partial charge in [0, 0.05) is 33.3 Å². The maximum atomic E-state index is 10.3. The molecular weight excluding hydrogens is 394 g/mol. The number of carbonyl (C=O) groups excluding carboxylic acids is 2. The van der Waals surface area contributed by atoms with Crippen LogP contribution in [-0.4, -0.2) is 54.3 Å². The summed E-state index contributed by atoms with van der Waals surface area (Å²) >= 11 is 0. The lowest BCUT2D eigenvalue weighted by atomic mass is 10.2. The molecule has 2 amide bonds. The van der Waals surface area contributed by atoms with Crippen LogP contribution in [0, 0.1) is 0 Å². The van der Waals surface area contributed by atoms with Crippen molar-refractivity contribution in [2.24, 2.45) is 7.05 Å². The van der Waals surface area contributed by atoms with Crippen LogP contribution in [0.2, 0.25) is 0 Å². The second-order valence-corrected chi connectivity index (χ2v) is 5.52. The highest BCUT2D eigenvalue weighted by atomic mass is 79.9. The largest absolute Gasteiger partial charge is 1.00 e. The first kappa shape index (κ1) is 25.2. The smallest absolute Gasteiger partial charge is 0.210 e. The summed E-state index contributed by atoms with van der Waals surface area (Å²) in [6.07, 6.45) is 4.43. The predicted molar refractivity (Wildman–Crippen MR) is 83.8 cm³/mol. The molecule has 0 aromatic carbocycles. The summed E-state index contributed by atoms with van der Waals surface area (Å²) in [6.45, 7) is 0.914. The van der Waals surface area contributed by atoms with Gasteiger partial charge in [-0.25, -0.2) is 4.57 Å². The molecule has 8 nitrogen and oxygen atoms in total. The quantitative estimate of drug-likeness (QED) is 0.361. The van der Waals surface area contributed by atoms with Crippen molar-refractivity contribution in [3.05, 3.63) is 24.5 Å². The van der Waals surface area contributed by atoms with E-state index in [1.54, 1.807) is 22.9 Å². The number of aromatic hydroxyl groups is 1. The number of halogens is 1. The number of hydrogen-bond donors (Lipinski definition) is 1. The van der Waals surface area contributed by atoms with Crippen molar-refractivity contribution in [3.63, 3.8) is 0 Å². The van der Waals surface area contributed by atoms with E-state index in [1.807, 2.05) is 13.2 Å². The van der Waals surface area contributed by atoms with E-state index in [2.05, 4.69) is 0 Å². The zero-order valence-electron chi connectivity index (χ0n) is 14.9. The minimum Gasteiger partial charge on any atom is -1.00 e. The molecule has 1 heterocycles. The summed E-state index contributed by atoms with van der Waals surface area (Å²) in [5.41, 5.74) is 0. The SMILES string of the molecule is CN(CCCCCCN(C)C(=O)[O-])C(=O)[O-].C[n+]1cccc(O)c1.[Br-]. The number of carboxylic acid groups (broad SMARTS) is 2. The minimum atomic E-state index is -1.17. The third-order valence-electron chi connectivity index (χ3n) is 3.28. The Labute approximate surface area is 159 Å². The van der Waals surface area contributed by atoms with Crippen LogP contribution in [0.3, 0.4) is 0 Å². The van der Waals surface area contributed by atoms with Gasteiger partial charge in [0.1, 0.15) is 19.2 Å². The van der Waals surface area contributed by atoms with Crippen molar-refractivity contribution in [2.45, 2.75) is 25.7 Å². The number of rotatable bonds is 7. The zero-order chi connectivity index (χ0) is 18.5. The standard InChI is InChI=1S/C10H20N2O4.C6H7NO.BrH/c1-11(9(13)14)7-5-3-4-6-8-12(2)10(15)16;1-7-4-2-3-6(8)5-7;/h3-8H2,1-2H3,(H,13,14)(H,15,16);2-5H,1H3;1H/p-2. The van der Waals surface area contributed by atoms with Crippen LogP contribution in [0.1, 0.15) is 25.7 Å². The van der Waals surface area contributed by atoms with E-state index < -0.39 is 12.2 Å². The number of aromatic nitrogens is 1. The normalized spacial score (nSPS) is 9.24. The van der Waals surface area contributed by atoms with E-state index in [0.29, 0.717) is 18.8 Å². The molecule has 0 aliphatic rings. The van der Waals surface area contributed by atoms with Gasteiger partial charge in [-0.1, -0.05) is 12.8 Å². The zero-order valence-corrected chi connectivity index (χ0v) is 16.4. The Bertz CT molecular complexity index is 475. The molecule has 0 fully saturated rings. The van der Waals surface area contributed by atoms with Crippen molar-refractivity contribution < 1.29 is 46.5 Å². The highest BCUT2D eigenvalue weighted by Gasteiger charge is 1.98. The molecular formula is C16H26BrN3O5-2. The number of pyridine rings is 1. The number of unbranched alkanes of at least 4 members (excludes halogenated alkanes) is 3. The molecule has 144 valence electrons. The minimum absolute atomic E-state index is 0. The highest BCUT2D eigenvalue weighted by Crippen LogP contribution is 2.02. The lowest BCUT2D eigenvalue weighted by molar-refractivity contribution is -0.671. The van der Waals surface area contributed by atoms with Gasteiger partial charge in [-0.3, -0.25) is 0 Å². The van der Waals surface area contributed by atoms with Crippen LogP contribution in [0.5, 0.6) is 5.75 Å². The lowest BCUT2D eigenvalue weighted by Gasteiger charge is -2.20. The Balaban J connectivity index is 0. The fourth-order valence-electron chi connectivity index (χ4n) is 1.81. The van der Waals surface area contributed by atoms with Gasteiger partial charge in [-0.2, -0.15) is 0 Å². The summed E-state index contributed by atoms with van der Waals surface area (Å²) in [7, 11) is 4.80. The Morgan fingerprint density at radius 2 is 1.48 bits per heavy atom. The molecule has 1 aromatic rings. The molecule has 0 radical (unpaired) electrons. The molecule has 0 saturated carbocycles. The van der Waals surface area contributed by atoms with Gasteiger partial charge in [-0.05, 0) is 18.9 Å². The van der Waals surface area contributed by atoms with Crippen LogP contribution in [-0.2, 0) is 7.05 Å². The molecule has 25 heavy (non-hydrogen) atoms. The molecule has 1 rings (SSSR count). The van der Waals surface area contributed by atoms with Crippen LogP contribution in [0.4, 0.5) is 9.59 Å². The third kappa shape index (κ3) is 14.1. The molecule has 0 aliphatic carbocycles. The van der Waals surface area contributed by atoms with E-state index >= 15 is 0 Å². The first-order valence-corrected chi connectivity index (χ1v) is 7.72. The molecule has 9 heteroatoms. The number of aryl methyl sites for hydroxylation is 1. The number of hydrogen-bond acceptors (Lipinski definition) is 5. The second-order valence-electron chi connectivity index (χ2n) is 5.52. The van der Waals surface area contributed by atoms with Crippen LogP contribution < -0.4 is 31.8 Å². The van der Waals surface area contributed by atoms with Crippen molar-refractivity contribution in [1.29, 1.82) is 0 Å². The van der Waals surface area contributed by atoms with Gasteiger partial charge in [-0.15, -0.1) is 0 Å². The van der Waals surface area contributed by atoms with E-state index in [9.17, 15) is 19.8 Å². The van der Waals surface area contributed by atoms with Crippen molar-refractivity contribution >= 4 is 12.2 Å². The van der Waals surface area contributed by atoms with Gasteiger partial charge >= 0.3 is 0 Å². The maximum absolute atomic E-state index is 10.3. The van der Waals surface area contributed by atoms with Gasteiger partial charge in [0.25, 0.3) is 0 Å². The van der Waals surface area contributed by atoms with E-state index in [-0.39, 0.29) is 17.0 Å². The Kier molecular flexibility index (Phi) is 14.4. The van der Waals surface area contributed by atoms with E-state index in [4.69, 9.17) is 5.11 Å². The van der Waals surface area contributed by atoms with Gasteiger partial charge in [0.2, 0.25) is 6.20 Å². The first-order valence-electron chi connectivity index (χ1n) is 7.72. The van der Waals surface area contributed by atoms with Crippen molar-refractivity contribution in [2.75, 3.05) is 27.2 Å². The Morgan fingerprint density at radius 3 is 1.76 bits per heavy atom. The van der Waals surface area contributed by atoms with Gasteiger partial charge < -0.3 is 51.7 Å². The summed E-state index contributed by atoms with van der Waals surface area (Å²) < 4.78 is 1.79. The van der Waals surface area contributed by atoms with Gasteiger partial charge in [0.05, 0.1) is 0 Å². The number of amides is 2. The van der Waals surface area contributed by atoms with Gasteiger partial charge in [0.15, 0.2) is 11.9 Å². The average molecular weight is 420 g/mol. The third-order valence-corrected chi connectivity index (χ3v) is 3.28. The molecule has 0 bridgehead atoms. The fourth-order valence-corrected chi connectivity index (χ4v) is 1.81. The molecule has 1 aromatic heterocycles. The molecule has 0 atom stereocenters. The van der Waals surface area contributed by atoms with Crippen LogP contribution in [0.25, 0.3) is 0 Å². The molecule has 0 saturated heterocycles. The van der Waals surface area contributed by atoms with Crippen LogP contribution >= 0.6 is 0 Å². The predicted octanol–water partition coefficient (Wildman–Crippen LogP) is -3.68. The summed E-state index contributed by atoms with van der Waals surface area (Å²) in [5.74, 6) is 0.301. The molecule has 0 unspecified atom stereocenters. The summed E-state index contributed by atoms with van der Waals surface area (Å²) in [6, 6.07) is 3.43. The number of carbonyl (C=O) groups is 2. The number of nitrogens with zero attached hydrogens (tertiary/aromatic N) is 3. The van der Waals surface area contributed by atoms with Crippen LogP contribution in [0.15, 0.2) is 24.5 Å². The van der Waals surface area contributed by atoms with E-state index in [0.717, 1.165) is 35.5 Å². The average Bonchev–Trinajstić information content (AvgIpc) is 2.50. The van der Waals surface area contributed by atoms with Crippen molar-refractivity contribution in [1.82, 2.24) is 9.80 Å². The highest BCUT2D eigenvalue weighted by molar-refractivity contribution is 5.62. The summed E-state index contributed by atoms with van der Waals surface area (Å²) in [4.78, 5) is 22.9. The fraction of sp³-hybridized carbons (Fsp3) is 0.562.